The largest absolute Gasteiger partial charge is 0.253 e. The van der Waals surface area contributed by atoms with Gasteiger partial charge in [0.25, 0.3) is 5.78 Å². The van der Waals surface area contributed by atoms with E-state index in [0.717, 1.165) is 32.2 Å². The zero-order valence-electron chi connectivity index (χ0n) is 13.7. The Balaban J connectivity index is 1.67. The van der Waals surface area contributed by atoms with Gasteiger partial charge >= 0.3 is 0 Å². The van der Waals surface area contributed by atoms with Crippen LogP contribution in [0.1, 0.15) is 5.82 Å². The van der Waals surface area contributed by atoms with Crippen molar-refractivity contribution >= 4 is 39.1 Å². The monoisotopic (exact) mass is 376 g/mol. The molecule has 1 aromatic carbocycles. The quantitative estimate of drug-likeness (QED) is 0.438. The molecule has 0 atom stereocenters. The van der Waals surface area contributed by atoms with E-state index < -0.39 is 0 Å². The molecule has 0 N–H and O–H groups in total. The standard InChI is InChI=1S/C18H12N6S2/c1-11-20-15-14(13(10-25-15)12-6-3-2-4-7-12)16(21-11)26-18-22-17-19-8-5-9-24(17)23-18/h2-10H,1H3. The highest BCUT2D eigenvalue weighted by molar-refractivity contribution is 7.99. The normalized spacial score (nSPS) is 11.4. The lowest BCUT2D eigenvalue weighted by molar-refractivity contribution is 0.877. The minimum absolute atomic E-state index is 0.575. The number of benzene rings is 1. The van der Waals surface area contributed by atoms with E-state index in [-0.39, 0.29) is 0 Å². The average molecular weight is 376 g/mol. The van der Waals surface area contributed by atoms with Crippen molar-refractivity contribution in [1.82, 2.24) is 29.5 Å². The van der Waals surface area contributed by atoms with Crippen molar-refractivity contribution in [3.63, 3.8) is 0 Å². The number of nitrogens with zero attached hydrogens (tertiary/aromatic N) is 6. The Morgan fingerprint density at radius 3 is 2.77 bits per heavy atom. The van der Waals surface area contributed by atoms with E-state index >= 15 is 0 Å². The summed E-state index contributed by atoms with van der Waals surface area (Å²) < 4.78 is 1.67. The molecule has 0 saturated heterocycles. The first-order valence-corrected chi connectivity index (χ1v) is 9.64. The fourth-order valence-corrected chi connectivity index (χ4v) is 4.73. The van der Waals surface area contributed by atoms with Crippen molar-refractivity contribution in [3.8, 4) is 11.1 Å². The van der Waals surface area contributed by atoms with Crippen molar-refractivity contribution < 1.29 is 0 Å². The zero-order chi connectivity index (χ0) is 17.5. The SMILES string of the molecule is Cc1nc(Sc2nc3ncccn3n2)c2c(-c3ccccc3)csc2n1. The van der Waals surface area contributed by atoms with Gasteiger partial charge in [0.05, 0.1) is 5.39 Å². The maximum Gasteiger partial charge on any atom is 0.253 e. The van der Waals surface area contributed by atoms with Gasteiger partial charge in [-0.2, -0.15) is 4.98 Å². The van der Waals surface area contributed by atoms with Gasteiger partial charge in [0.2, 0.25) is 5.16 Å². The van der Waals surface area contributed by atoms with Crippen LogP contribution in [-0.2, 0) is 0 Å². The first-order chi connectivity index (χ1) is 12.8. The summed E-state index contributed by atoms with van der Waals surface area (Å²) in [7, 11) is 0. The van der Waals surface area contributed by atoms with Crippen molar-refractivity contribution in [2.24, 2.45) is 0 Å². The summed E-state index contributed by atoms with van der Waals surface area (Å²) in [5, 5.41) is 9.14. The molecule has 5 rings (SSSR count). The molecule has 8 heteroatoms. The van der Waals surface area contributed by atoms with Crippen LogP contribution in [0.5, 0.6) is 0 Å². The van der Waals surface area contributed by atoms with Crippen molar-refractivity contribution in [2.75, 3.05) is 0 Å². The molecular formula is C18H12N6S2. The number of aromatic nitrogens is 6. The third kappa shape index (κ3) is 2.63. The molecule has 0 bridgehead atoms. The third-order valence-electron chi connectivity index (χ3n) is 3.88. The topological polar surface area (TPSA) is 68.9 Å². The van der Waals surface area contributed by atoms with Gasteiger partial charge in [-0.3, -0.25) is 0 Å². The molecule has 0 unspecified atom stereocenters. The maximum absolute atomic E-state index is 4.67. The Hall–Kier alpha value is -2.84. The van der Waals surface area contributed by atoms with E-state index in [1.165, 1.54) is 11.8 Å². The third-order valence-corrected chi connectivity index (χ3v) is 5.60. The van der Waals surface area contributed by atoms with E-state index in [9.17, 15) is 0 Å². The summed E-state index contributed by atoms with van der Waals surface area (Å²) in [5.41, 5.74) is 2.28. The van der Waals surface area contributed by atoms with E-state index in [0.29, 0.717) is 10.9 Å². The van der Waals surface area contributed by atoms with Crippen LogP contribution < -0.4 is 0 Å². The first-order valence-electron chi connectivity index (χ1n) is 7.94. The molecule has 4 aromatic heterocycles. The minimum atomic E-state index is 0.575. The van der Waals surface area contributed by atoms with Gasteiger partial charge in [-0.25, -0.2) is 19.5 Å². The van der Waals surface area contributed by atoms with Crippen LogP contribution in [0.4, 0.5) is 0 Å². The Bertz CT molecular complexity index is 1200. The van der Waals surface area contributed by atoms with Gasteiger partial charge in [0.15, 0.2) is 0 Å². The second-order valence-electron chi connectivity index (χ2n) is 5.63. The number of rotatable bonds is 3. The molecule has 4 heterocycles. The molecule has 0 aliphatic heterocycles. The summed E-state index contributed by atoms with van der Waals surface area (Å²) in [6, 6.07) is 12.1. The molecule has 26 heavy (non-hydrogen) atoms. The number of hydrogen-bond donors (Lipinski definition) is 0. The fraction of sp³-hybridized carbons (Fsp3) is 0.0556. The van der Waals surface area contributed by atoms with Gasteiger partial charge in [-0.1, -0.05) is 30.3 Å². The Kier molecular flexibility index (Phi) is 3.65. The number of thiophene rings is 1. The minimum Gasteiger partial charge on any atom is -0.226 e. The van der Waals surface area contributed by atoms with E-state index in [1.807, 2.05) is 37.4 Å². The van der Waals surface area contributed by atoms with Crippen LogP contribution in [0, 0.1) is 6.92 Å². The highest BCUT2D eigenvalue weighted by atomic mass is 32.2. The Labute approximate surface area is 157 Å². The first kappa shape index (κ1) is 15.4. The van der Waals surface area contributed by atoms with Gasteiger partial charge < -0.3 is 0 Å². The average Bonchev–Trinajstić information content (AvgIpc) is 3.25. The Morgan fingerprint density at radius 1 is 1.04 bits per heavy atom. The van der Waals surface area contributed by atoms with Crippen molar-refractivity contribution in [2.45, 2.75) is 17.1 Å². The predicted octanol–water partition coefficient (Wildman–Crippen LogP) is 4.26. The molecule has 0 saturated carbocycles. The molecule has 0 radical (unpaired) electrons. The van der Waals surface area contributed by atoms with Crippen LogP contribution >= 0.6 is 23.1 Å². The number of fused-ring (bicyclic) bond motifs is 2. The highest BCUT2D eigenvalue weighted by Crippen LogP contribution is 2.39. The van der Waals surface area contributed by atoms with Gasteiger partial charge in [0, 0.05) is 23.3 Å². The molecule has 0 aliphatic rings. The summed E-state index contributed by atoms with van der Waals surface area (Å²) in [6.07, 6.45) is 3.54. The molecule has 0 amide bonds. The van der Waals surface area contributed by atoms with Crippen LogP contribution in [0.3, 0.4) is 0 Å². The van der Waals surface area contributed by atoms with Gasteiger partial charge in [-0.05, 0) is 30.3 Å². The summed E-state index contributed by atoms with van der Waals surface area (Å²) in [6.45, 7) is 1.91. The van der Waals surface area contributed by atoms with Crippen molar-refractivity contribution in [3.05, 3.63) is 60.0 Å². The van der Waals surface area contributed by atoms with E-state index in [2.05, 4.69) is 42.5 Å². The van der Waals surface area contributed by atoms with E-state index in [4.69, 9.17) is 0 Å². The van der Waals surface area contributed by atoms with Crippen LogP contribution in [0.15, 0.2) is 64.4 Å². The van der Waals surface area contributed by atoms with Crippen LogP contribution in [-0.4, -0.2) is 29.5 Å². The second-order valence-corrected chi connectivity index (χ2v) is 7.45. The van der Waals surface area contributed by atoms with Crippen molar-refractivity contribution in [1.29, 1.82) is 0 Å². The van der Waals surface area contributed by atoms with Gasteiger partial charge in [-0.15, -0.1) is 16.4 Å². The lowest BCUT2D eigenvalue weighted by Crippen LogP contribution is -1.92. The molecule has 5 aromatic rings. The number of aryl methyl sites for hydroxylation is 1. The van der Waals surface area contributed by atoms with Gasteiger partial charge in [0.1, 0.15) is 15.7 Å². The molecular weight excluding hydrogens is 364 g/mol. The van der Waals surface area contributed by atoms with Crippen LogP contribution in [0.2, 0.25) is 0 Å². The zero-order valence-corrected chi connectivity index (χ0v) is 15.3. The smallest absolute Gasteiger partial charge is 0.226 e. The predicted molar refractivity (Wildman–Crippen MR) is 102 cm³/mol. The fourth-order valence-electron chi connectivity index (χ4n) is 2.76. The molecule has 0 spiro atoms. The number of hydrogen-bond acceptors (Lipinski definition) is 7. The molecule has 6 nitrogen and oxygen atoms in total. The second kappa shape index (κ2) is 6.15. The molecule has 126 valence electrons. The molecule has 0 aliphatic carbocycles. The summed E-state index contributed by atoms with van der Waals surface area (Å²) in [5.74, 6) is 1.31. The summed E-state index contributed by atoms with van der Waals surface area (Å²) in [4.78, 5) is 19.0. The Morgan fingerprint density at radius 2 is 1.92 bits per heavy atom. The highest BCUT2D eigenvalue weighted by Gasteiger charge is 2.17. The van der Waals surface area contributed by atoms with E-state index in [1.54, 1.807) is 22.0 Å². The lowest BCUT2D eigenvalue weighted by Gasteiger charge is -2.04. The molecule has 0 fully saturated rings. The maximum atomic E-state index is 4.67. The lowest BCUT2D eigenvalue weighted by atomic mass is 10.1. The summed E-state index contributed by atoms with van der Waals surface area (Å²) >= 11 is 3.07. The van der Waals surface area contributed by atoms with Crippen LogP contribution in [0.25, 0.3) is 27.1 Å².